The van der Waals surface area contributed by atoms with Crippen molar-refractivity contribution in [2.45, 2.75) is 39.8 Å². The van der Waals surface area contributed by atoms with Crippen molar-refractivity contribution in [2.24, 2.45) is 0 Å². The van der Waals surface area contributed by atoms with Crippen LogP contribution in [-0.4, -0.2) is 15.4 Å². The zero-order valence-electron chi connectivity index (χ0n) is 10.4. The Labute approximate surface area is 106 Å². The lowest BCUT2D eigenvalue weighted by Crippen LogP contribution is -2.26. The number of thiazole rings is 1. The third kappa shape index (κ3) is 2.36. The summed E-state index contributed by atoms with van der Waals surface area (Å²) < 4.78 is 2.16. The SMILES string of the molecule is C#CC(CC)NCc1c(C)nc2sc(C)cn12. The number of aryl methyl sites for hydroxylation is 2. The maximum Gasteiger partial charge on any atom is 0.194 e. The van der Waals surface area contributed by atoms with Gasteiger partial charge in [0.05, 0.1) is 17.4 Å². The van der Waals surface area contributed by atoms with Gasteiger partial charge >= 0.3 is 0 Å². The van der Waals surface area contributed by atoms with Crippen LogP contribution in [-0.2, 0) is 6.54 Å². The lowest BCUT2D eigenvalue weighted by atomic mass is 10.2. The molecule has 0 aliphatic rings. The highest BCUT2D eigenvalue weighted by atomic mass is 32.1. The molecule has 0 saturated heterocycles. The number of terminal acetylenes is 1. The van der Waals surface area contributed by atoms with E-state index in [1.807, 2.05) is 6.92 Å². The van der Waals surface area contributed by atoms with Gasteiger partial charge in [0.1, 0.15) is 0 Å². The number of nitrogens with one attached hydrogen (secondary N) is 1. The molecular formula is C13H17N3S. The van der Waals surface area contributed by atoms with Gasteiger partial charge in [0.2, 0.25) is 0 Å². The minimum Gasteiger partial charge on any atom is -0.298 e. The first-order chi connectivity index (χ1) is 8.15. The average Bonchev–Trinajstić information content (AvgIpc) is 2.77. The highest BCUT2D eigenvalue weighted by Crippen LogP contribution is 2.20. The second-order valence-electron chi connectivity index (χ2n) is 4.15. The molecule has 0 bridgehead atoms. The minimum atomic E-state index is 0.139. The molecule has 0 fully saturated rings. The first-order valence-corrected chi connectivity index (χ1v) is 6.60. The Morgan fingerprint density at radius 3 is 3.00 bits per heavy atom. The van der Waals surface area contributed by atoms with E-state index in [1.165, 1.54) is 10.6 Å². The number of nitrogens with zero attached hydrogens (tertiary/aromatic N) is 2. The van der Waals surface area contributed by atoms with E-state index in [2.05, 4.69) is 40.7 Å². The second-order valence-corrected chi connectivity index (χ2v) is 5.36. The monoisotopic (exact) mass is 247 g/mol. The Morgan fingerprint density at radius 1 is 1.59 bits per heavy atom. The summed E-state index contributed by atoms with van der Waals surface area (Å²) in [5.41, 5.74) is 2.29. The van der Waals surface area contributed by atoms with Crippen LogP contribution in [0.2, 0.25) is 0 Å². The molecule has 4 heteroatoms. The molecule has 17 heavy (non-hydrogen) atoms. The van der Waals surface area contributed by atoms with Crippen LogP contribution in [0.3, 0.4) is 0 Å². The van der Waals surface area contributed by atoms with Crippen LogP contribution >= 0.6 is 11.3 Å². The van der Waals surface area contributed by atoms with Gasteiger partial charge in [-0.25, -0.2) is 4.98 Å². The Balaban J connectivity index is 2.23. The molecule has 2 rings (SSSR count). The van der Waals surface area contributed by atoms with Crippen molar-refractivity contribution in [1.29, 1.82) is 0 Å². The number of aromatic nitrogens is 2. The Bertz CT molecular complexity index is 559. The quantitative estimate of drug-likeness (QED) is 0.841. The van der Waals surface area contributed by atoms with E-state index >= 15 is 0 Å². The highest BCUT2D eigenvalue weighted by molar-refractivity contribution is 7.17. The summed E-state index contributed by atoms with van der Waals surface area (Å²) in [6.07, 6.45) is 8.52. The summed E-state index contributed by atoms with van der Waals surface area (Å²) >= 11 is 1.72. The normalized spacial score (nSPS) is 12.8. The standard InChI is InChI=1S/C13H17N3S/c1-5-11(6-2)14-7-12-10(4)15-13-16(12)8-9(3)17-13/h1,8,11,14H,6-7H2,2-4H3. The maximum absolute atomic E-state index is 5.44. The van der Waals surface area contributed by atoms with Crippen molar-refractivity contribution < 1.29 is 0 Å². The van der Waals surface area contributed by atoms with Gasteiger partial charge < -0.3 is 0 Å². The van der Waals surface area contributed by atoms with Gasteiger partial charge in [0, 0.05) is 17.6 Å². The van der Waals surface area contributed by atoms with Gasteiger partial charge in [-0.3, -0.25) is 9.72 Å². The topological polar surface area (TPSA) is 29.3 Å². The summed E-state index contributed by atoms with van der Waals surface area (Å²) in [5, 5.41) is 3.37. The van der Waals surface area contributed by atoms with E-state index in [0.717, 1.165) is 23.6 Å². The molecule has 1 unspecified atom stereocenters. The molecule has 0 aliphatic heterocycles. The van der Waals surface area contributed by atoms with Gasteiger partial charge in [0.25, 0.3) is 0 Å². The third-order valence-corrected chi connectivity index (χ3v) is 3.76. The van der Waals surface area contributed by atoms with Gasteiger partial charge in [-0.2, -0.15) is 0 Å². The van der Waals surface area contributed by atoms with Gasteiger partial charge in [-0.15, -0.1) is 17.8 Å². The van der Waals surface area contributed by atoms with Crippen LogP contribution in [0, 0.1) is 26.2 Å². The van der Waals surface area contributed by atoms with Crippen LogP contribution in [0.25, 0.3) is 4.96 Å². The first-order valence-electron chi connectivity index (χ1n) is 5.79. The number of hydrogen-bond donors (Lipinski definition) is 1. The fraction of sp³-hybridized carbons (Fsp3) is 0.462. The van der Waals surface area contributed by atoms with Crippen LogP contribution < -0.4 is 5.32 Å². The smallest absolute Gasteiger partial charge is 0.194 e. The molecule has 0 amide bonds. The number of hydrogen-bond acceptors (Lipinski definition) is 3. The summed E-state index contributed by atoms with van der Waals surface area (Å²) in [6.45, 7) is 7.00. The van der Waals surface area contributed by atoms with Crippen molar-refractivity contribution in [3.8, 4) is 12.3 Å². The van der Waals surface area contributed by atoms with E-state index in [9.17, 15) is 0 Å². The zero-order valence-corrected chi connectivity index (χ0v) is 11.3. The van der Waals surface area contributed by atoms with E-state index in [4.69, 9.17) is 6.42 Å². The van der Waals surface area contributed by atoms with Crippen molar-refractivity contribution >= 4 is 16.3 Å². The Morgan fingerprint density at radius 2 is 2.35 bits per heavy atom. The molecule has 0 spiro atoms. The van der Waals surface area contributed by atoms with Gasteiger partial charge in [-0.05, 0) is 20.3 Å². The molecule has 1 atom stereocenters. The van der Waals surface area contributed by atoms with Crippen molar-refractivity contribution in [2.75, 3.05) is 0 Å². The van der Waals surface area contributed by atoms with Crippen molar-refractivity contribution in [3.63, 3.8) is 0 Å². The fourth-order valence-electron chi connectivity index (χ4n) is 1.86. The predicted molar refractivity (Wildman–Crippen MR) is 72.3 cm³/mol. The molecule has 2 aromatic rings. The molecule has 0 radical (unpaired) electrons. The Hall–Kier alpha value is -1.31. The second kappa shape index (κ2) is 4.91. The van der Waals surface area contributed by atoms with Crippen LogP contribution in [0.4, 0.5) is 0 Å². The minimum absolute atomic E-state index is 0.139. The average molecular weight is 247 g/mol. The maximum atomic E-state index is 5.44. The summed E-state index contributed by atoms with van der Waals surface area (Å²) in [4.78, 5) is 6.89. The van der Waals surface area contributed by atoms with E-state index < -0.39 is 0 Å². The fourth-order valence-corrected chi connectivity index (χ4v) is 2.75. The van der Waals surface area contributed by atoms with Crippen molar-refractivity contribution in [1.82, 2.24) is 14.7 Å². The zero-order chi connectivity index (χ0) is 12.4. The molecule has 90 valence electrons. The lowest BCUT2D eigenvalue weighted by Gasteiger charge is -2.10. The van der Waals surface area contributed by atoms with Crippen molar-refractivity contribution in [3.05, 3.63) is 22.5 Å². The number of imidazole rings is 1. The predicted octanol–water partition coefficient (Wildman–Crippen LogP) is 2.51. The highest BCUT2D eigenvalue weighted by Gasteiger charge is 2.11. The van der Waals surface area contributed by atoms with Crippen LogP contribution in [0.1, 0.15) is 29.6 Å². The van der Waals surface area contributed by atoms with E-state index in [1.54, 1.807) is 11.3 Å². The summed E-state index contributed by atoms with van der Waals surface area (Å²) in [7, 11) is 0. The third-order valence-electron chi connectivity index (χ3n) is 2.87. The van der Waals surface area contributed by atoms with E-state index in [-0.39, 0.29) is 6.04 Å². The van der Waals surface area contributed by atoms with Gasteiger partial charge in [0.15, 0.2) is 4.96 Å². The van der Waals surface area contributed by atoms with Crippen LogP contribution in [0.5, 0.6) is 0 Å². The summed E-state index contributed by atoms with van der Waals surface area (Å²) in [6, 6.07) is 0.139. The molecule has 2 heterocycles. The molecule has 0 aromatic carbocycles. The molecule has 2 aromatic heterocycles. The number of fused-ring (bicyclic) bond motifs is 1. The van der Waals surface area contributed by atoms with Gasteiger partial charge in [-0.1, -0.05) is 12.8 Å². The van der Waals surface area contributed by atoms with Crippen LogP contribution in [0.15, 0.2) is 6.20 Å². The molecule has 1 N–H and O–H groups in total. The summed E-state index contributed by atoms with van der Waals surface area (Å²) in [5.74, 6) is 2.75. The molecule has 3 nitrogen and oxygen atoms in total. The van der Waals surface area contributed by atoms with E-state index in [0.29, 0.717) is 0 Å². The largest absolute Gasteiger partial charge is 0.298 e. The first kappa shape index (κ1) is 12.2. The molecule has 0 saturated carbocycles. The molecule has 0 aliphatic carbocycles. The lowest BCUT2D eigenvalue weighted by molar-refractivity contribution is 0.582. The number of rotatable bonds is 4. The molecular weight excluding hydrogens is 230 g/mol. The Kier molecular flexibility index (Phi) is 3.51.